The summed E-state index contributed by atoms with van der Waals surface area (Å²) in [7, 11) is 0. The summed E-state index contributed by atoms with van der Waals surface area (Å²) in [5.41, 5.74) is 2.87. The van der Waals surface area contributed by atoms with Gasteiger partial charge in [0.2, 0.25) is 0 Å². The summed E-state index contributed by atoms with van der Waals surface area (Å²) in [6, 6.07) is 11.7. The summed E-state index contributed by atoms with van der Waals surface area (Å²) in [6.07, 6.45) is 2.41. The van der Waals surface area contributed by atoms with Crippen LogP contribution in [0, 0.1) is 0 Å². The van der Waals surface area contributed by atoms with Crippen molar-refractivity contribution in [2.45, 2.75) is 18.9 Å². The Hall–Kier alpha value is -1.88. The van der Waals surface area contributed by atoms with E-state index in [1.807, 2.05) is 36.4 Å². The molecule has 0 aliphatic carbocycles. The molecule has 108 valence electrons. The zero-order valence-corrected chi connectivity index (χ0v) is 13.0. The molecule has 1 atom stereocenters. The molecule has 5 heteroatoms. The number of halogens is 1. The lowest BCUT2D eigenvalue weighted by atomic mass is 9.90. The van der Waals surface area contributed by atoms with Crippen LogP contribution in [0.2, 0.25) is 0 Å². The number of benzene rings is 1. The molecule has 1 aromatic carbocycles. The molecule has 1 N–H and O–H groups in total. The molecule has 2 heterocycles. The molecular formula is C16H15BrN2O2. The van der Waals surface area contributed by atoms with Crippen LogP contribution in [0.1, 0.15) is 23.6 Å². The summed E-state index contributed by atoms with van der Waals surface area (Å²) >= 11 is 3.38. The first-order chi connectivity index (χ1) is 10.1. The fourth-order valence-electron chi connectivity index (χ4n) is 2.75. The Bertz CT molecular complexity index is 658. The van der Waals surface area contributed by atoms with Crippen molar-refractivity contribution >= 4 is 27.6 Å². The van der Waals surface area contributed by atoms with Gasteiger partial charge in [0.1, 0.15) is 0 Å². The van der Waals surface area contributed by atoms with Gasteiger partial charge in [0.05, 0.1) is 18.2 Å². The first-order valence-electron chi connectivity index (χ1n) is 6.82. The third-order valence-electron chi connectivity index (χ3n) is 3.78. The summed E-state index contributed by atoms with van der Waals surface area (Å²) < 4.78 is 0.955. The van der Waals surface area contributed by atoms with E-state index in [2.05, 4.69) is 25.8 Å². The largest absolute Gasteiger partial charge is 0.481 e. The first kappa shape index (κ1) is 14.1. The van der Waals surface area contributed by atoms with Crippen molar-refractivity contribution in [3.8, 4) is 0 Å². The minimum Gasteiger partial charge on any atom is -0.481 e. The summed E-state index contributed by atoms with van der Waals surface area (Å²) in [6.45, 7) is 1.42. The van der Waals surface area contributed by atoms with Crippen molar-refractivity contribution < 1.29 is 9.90 Å². The average Bonchev–Trinajstić information content (AvgIpc) is 2.49. The number of pyridine rings is 1. The SMILES string of the molecule is O=C(O)C1CCN(Cc2ccc(Br)cn2)c2ccccc21. The topological polar surface area (TPSA) is 53.4 Å². The van der Waals surface area contributed by atoms with Crippen molar-refractivity contribution in [3.05, 3.63) is 58.3 Å². The highest BCUT2D eigenvalue weighted by atomic mass is 79.9. The van der Waals surface area contributed by atoms with Crippen molar-refractivity contribution in [2.75, 3.05) is 11.4 Å². The molecule has 0 spiro atoms. The fourth-order valence-corrected chi connectivity index (χ4v) is 2.98. The normalized spacial score (nSPS) is 17.4. The summed E-state index contributed by atoms with van der Waals surface area (Å²) in [5.74, 6) is -1.15. The molecule has 0 bridgehead atoms. The molecule has 1 aromatic heterocycles. The Labute approximate surface area is 131 Å². The zero-order chi connectivity index (χ0) is 14.8. The van der Waals surface area contributed by atoms with Gasteiger partial charge in [0.15, 0.2) is 0 Å². The number of aromatic nitrogens is 1. The maximum absolute atomic E-state index is 11.4. The van der Waals surface area contributed by atoms with Crippen LogP contribution < -0.4 is 4.90 Å². The molecule has 0 fully saturated rings. The van der Waals surface area contributed by atoms with Crippen LogP contribution in [0.3, 0.4) is 0 Å². The van der Waals surface area contributed by atoms with E-state index >= 15 is 0 Å². The van der Waals surface area contributed by atoms with Crippen molar-refractivity contribution in [3.63, 3.8) is 0 Å². The number of rotatable bonds is 3. The van der Waals surface area contributed by atoms with Gasteiger partial charge in [-0.1, -0.05) is 18.2 Å². The molecule has 0 amide bonds. The Morgan fingerprint density at radius 1 is 1.33 bits per heavy atom. The molecule has 21 heavy (non-hydrogen) atoms. The zero-order valence-electron chi connectivity index (χ0n) is 11.4. The Kier molecular flexibility index (Phi) is 3.92. The third kappa shape index (κ3) is 2.93. The Morgan fingerprint density at radius 2 is 2.14 bits per heavy atom. The number of hydrogen-bond acceptors (Lipinski definition) is 3. The van der Waals surface area contributed by atoms with Crippen LogP contribution in [0.5, 0.6) is 0 Å². The van der Waals surface area contributed by atoms with Crippen LogP contribution in [0.4, 0.5) is 5.69 Å². The standard InChI is InChI=1S/C16H15BrN2O2/c17-11-5-6-12(18-9-11)10-19-8-7-14(16(20)21)13-3-1-2-4-15(13)19/h1-6,9,14H,7-8,10H2,(H,20,21). The second kappa shape index (κ2) is 5.85. The van der Waals surface area contributed by atoms with E-state index in [0.717, 1.165) is 28.0 Å². The molecule has 2 aromatic rings. The van der Waals surface area contributed by atoms with Gasteiger partial charge in [-0.2, -0.15) is 0 Å². The van der Waals surface area contributed by atoms with E-state index in [1.54, 1.807) is 6.20 Å². The minimum atomic E-state index is -0.746. The van der Waals surface area contributed by atoms with E-state index in [4.69, 9.17) is 0 Å². The monoisotopic (exact) mass is 346 g/mol. The number of carboxylic acids is 1. The number of anilines is 1. The smallest absolute Gasteiger partial charge is 0.311 e. The van der Waals surface area contributed by atoms with E-state index in [9.17, 15) is 9.90 Å². The average molecular weight is 347 g/mol. The van der Waals surface area contributed by atoms with Crippen LogP contribution in [0.25, 0.3) is 0 Å². The molecule has 4 nitrogen and oxygen atoms in total. The predicted molar refractivity (Wildman–Crippen MR) is 84.4 cm³/mol. The van der Waals surface area contributed by atoms with Crippen LogP contribution in [-0.4, -0.2) is 22.6 Å². The lowest BCUT2D eigenvalue weighted by Crippen LogP contribution is -2.33. The van der Waals surface area contributed by atoms with Gasteiger partial charge in [-0.3, -0.25) is 9.78 Å². The van der Waals surface area contributed by atoms with Crippen LogP contribution >= 0.6 is 15.9 Å². The van der Waals surface area contributed by atoms with E-state index < -0.39 is 11.9 Å². The Morgan fingerprint density at radius 3 is 2.86 bits per heavy atom. The summed E-state index contributed by atoms with van der Waals surface area (Å²) in [4.78, 5) is 18.0. The predicted octanol–water partition coefficient (Wildman–Crippen LogP) is 3.42. The van der Waals surface area contributed by atoms with Crippen LogP contribution in [-0.2, 0) is 11.3 Å². The highest BCUT2D eigenvalue weighted by Gasteiger charge is 2.29. The highest BCUT2D eigenvalue weighted by Crippen LogP contribution is 2.35. The summed E-state index contributed by atoms with van der Waals surface area (Å²) in [5, 5.41) is 9.36. The molecule has 0 radical (unpaired) electrons. The first-order valence-corrected chi connectivity index (χ1v) is 7.61. The third-order valence-corrected chi connectivity index (χ3v) is 4.25. The van der Waals surface area contributed by atoms with Gasteiger partial charge in [-0.05, 0) is 46.1 Å². The number of nitrogens with zero attached hydrogens (tertiary/aromatic N) is 2. The van der Waals surface area contributed by atoms with Crippen LogP contribution in [0.15, 0.2) is 47.1 Å². The lowest BCUT2D eigenvalue weighted by Gasteiger charge is -2.34. The quantitative estimate of drug-likeness (QED) is 0.924. The van der Waals surface area contributed by atoms with E-state index in [1.165, 1.54) is 0 Å². The number of carbonyl (C=O) groups is 1. The van der Waals surface area contributed by atoms with Gasteiger partial charge < -0.3 is 10.0 Å². The molecule has 3 rings (SSSR count). The number of carboxylic acid groups (broad SMARTS) is 1. The number of aliphatic carboxylic acids is 1. The lowest BCUT2D eigenvalue weighted by molar-refractivity contribution is -0.139. The molecule has 0 saturated carbocycles. The van der Waals surface area contributed by atoms with E-state index in [-0.39, 0.29) is 0 Å². The van der Waals surface area contributed by atoms with Gasteiger partial charge in [0.25, 0.3) is 0 Å². The van der Waals surface area contributed by atoms with Crippen molar-refractivity contribution in [2.24, 2.45) is 0 Å². The second-order valence-corrected chi connectivity index (χ2v) is 6.04. The molecule has 1 aliphatic rings. The van der Waals surface area contributed by atoms with Gasteiger partial charge >= 0.3 is 5.97 Å². The molecule has 1 unspecified atom stereocenters. The van der Waals surface area contributed by atoms with Crippen molar-refractivity contribution in [1.82, 2.24) is 4.98 Å². The van der Waals surface area contributed by atoms with Crippen molar-refractivity contribution in [1.29, 1.82) is 0 Å². The highest BCUT2D eigenvalue weighted by molar-refractivity contribution is 9.10. The number of hydrogen-bond donors (Lipinski definition) is 1. The molecule has 1 aliphatic heterocycles. The number of fused-ring (bicyclic) bond motifs is 1. The molecular weight excluding hydrogens is 332 g/mol. The minimum absolute atomic E-state index is 0.407. The molecule has 0 saturated heterocycles. The Balaban J connectivity index is 1.89. The number of para-hydroxylation sites is 1. The van der Waals surface area contributed by atoms with E-state index in [0.29, 0.717) is 13.0 Å². The second-order valence-electron chi connectivity index (χ2n) is 5.13. The maximum Gasteiger partial charge on any atom is 0.311 e. The fraction of sp³-hybridized carbons (Fsp3) is 0.250. The van der Waals surface area contributed by atoms with Gasteiger partial charge in [-0.25, -0.2) is 0 Å². The van der Waals surface area contributed by atoms with Gasteiger partial charge in [0, 0.05) is 22.9 Å². The maximum atomic E-state index is 11.4. The van der Waals surface area contributed by atoms with Gasteiger partial charge in [-0.15, -0.1) is 0 Å².